The van der Waals surface area contributed by atoms with Crippen molar-refractivity contribution in [2.75, 3.05) is 0 Å². The molecule has 0 aliphatic rings. The van der Waals surface area contributed by atoms with Gasteiger partial charge in [-0.3, -0.25) is 4.79 Å². The van der Waals surface area contributed by atoms with Gasteiger partial charge >= 0.3 is 0 Å². The summed E-state index contributed by atoms with van der Waals surface area (Å²) >= 11 is 1.65. The van der Waals surface area contributed by atoms with Crippen LogP contribution in [0.5, 0.6) is 0 Å². The predicted molar refractivity (Wildman–Crippen MR) is 70.1 cm³/mol. The van der Waals surface area contributed by atoms with E-state index in [1.165, 1.54) is 0 Å². The molecule has 0 atom stereocenters. The maximum Gasteiger partial charge on any atom is 0.183 e. The van der Waals surface area contributed by atoms with Gasteiger partial charge in [0.2, 0.25) is 0 Å². The summed E-state index contributed by atoms with van der Waals surface area (Å²) in [6, 6.07) is 13.5. The third-order valence-electron chi connectivity index (χ3n) is 2.64. The second kappa shape index (κ2) is 4.89. The van der Waals surface area contributed by atoms with Crippen molar-refractivity contribution >= 4 is 31.5 Å². The predicted octanol–water partition coefficient (Wildman–Crippen LogP) is 3.59. The number of benzene rings is 2. The van der Waals surface area contributed by atoms with Crippen LogP contribution in [0.15, 0.2) is 47.3 Å². The molecule has 1 aromatic heterocycles. The van der Waals surface area contributed by atoms with Gasteiger partial charge in [-0.05, 0) is 17.5 Å². The first kappa shape index (κ1) is 12.8. The van der Waals surface area contributed by atoms with E-state index in [1.54, 1.807) is 11.3 Å². The van der Waals surface area contributed by atoms with Crippen molar-refractivity contribution in [3.63, 3.8) is 0 Å². The summed E-state index contributed by atoms with van der Waals surface area (Å²) in [4.78, 5) is 12.2. The van der Waals surface area contributed by atoms with Gasteiger partial charge in [-0.15, -0.1) is 17.4 Å². The number of rotatable bonds is 0. The second-order valence-electron chi connectivity index (χ2n) is 3.76. The summed E-state index contributed by atoms with van der Waals surface area (Å²) in [5.41, 5.74) is 0.988. The van der Waals surface area contributed by atoms with Crippen molar-refractivity contribution < 1.29 is 32.7 Å². The molecule has 0 fully saturated rings. The molecule has 3 aromatic rings. The smallest absolute Gasteiger partial charge is 0.183 e. The average Bonchev–Trinajstić information content (AvgIpc) is 2.31. The van der Waals surface area contributed by atoms with Crippen molar-refractivity contribution in [2.45, 2.75) is 0 Å². The molecular weight excluding hydrogens is 305 g/mol. The molecule has 0 N–H and O–H groups in total. The molecule has 17 heavy (non-hydrogen) atoms. The Kier molecular flexibility index (Phi) is 3.67. The van der Waals surface area contributed by atoms with E-state index in [0.29, 0.717) is 0 Å². The quantitative estimate of drug-likeness (QED) is 0.458. The second-order valence-corrected chi connectivity index (χ2v) is 4.84. The first-order valence-corrected chi connectivity index (χ1v) is 5.85. The molecule has 81 valence electrons. The molecule has 0 bridgehead atoms. The van der Waals surface area contributed by atoms with Gasteiger partial charge < -0.3 is 0 Å². The number of hydrogen-bond donors (Lipinski definition) is 0. The average molecular weight is 314 g/mol. The normalized spacial score (nSPS) is 10.4. The van der Waals surface area contributed by atoms with Crippen LogP contribution in [-0.4, -0.2) is 0 Å². The Morgan fingerprint density at radius 3 is 2.47 bits per heavy atom. The van der Waals surface area contributed by atoms with Crippen molar-refractivity contribution in [1.29, 1.82) is 0 Å². The fourth-order valence-corrected chi connectivity index (χ4v) is 2.90. The molecule has 3 rings (SSSR count). The standard InChI is InChI=1S/C14H9OS.Y/c1-9-6-7-13-11(8-9)14(15)10-4-2-3-5-12(10)16-13;/h2-8H,1H2;/q-1;. The largest absolute Gasteiger partial charge is 0.290 e. The molecule has 1 nitrogen and oxygen atoms in total. The van der Waals surface area contributed by atoms with Gasteiger partial charge in [0, 0.05) is 47.5 Å². The maximum absolute atomic E-state index is 12.2. The van der Waals surface area contributed by atoms with Gasteiger partial charge in [0.15, 0.2) is 5.43 Å². The van der Waals surface area contributed by atoms with Crippen LogP contribution in [-0.2, 0) is 32.7 Å². The van der Waals surface area contributed by atoms with Crippen LogP contribution < -0.4 is 5.43 Å². The van der Waals surface area contributed by atoms with Gasteiger partial charge in [0.25, 0.3) is 0 Å². The van der Waals surface area contributed by atoms with Crippen LogP contribution in [0.25, 0.3) is 20.2 Å². The van der Waals surface area contributed by atoms with Crippen LogP contribution in [0.4, 0.5) is 0 Å². The van der Waals surface area contributed by atoms with E-state index in [-0.39, 0.29) is 38.1 Å². The zero-order chi connectivity index (χ0) is 11.1. The Hall–Kier alpha value is -0.696. The monoisotopic (exact) mass is 314 g/mol. The minimum Gasteiger partial charge on any atom is -0.290 e. The van der Waals surface area contributed by atoms with E-state index in [4.69, 9.17) is 0 Å². The van der Waals surface area contributed by atoms with Crippen molar-refractivity contribution in [2.24, 2.45) is 0 Å². The Balaban J connectivity index is 0.00000108. The molecule has 1 radical (unpaired) electrons. The molecule has 2 aromatic carbocycles. The summed E-state index contributed by atoms with van der Waals surface area (Å²) in [7, 11) is 0. The minimum atomic E-state index is 0. The van der Waals surface area contributed by atoms with Crippen LogP contribution in [0.1, 0.15) is 5.56 Å². The Morgan fingerprint density at radius 2 is 1.65 bits per heavy atom. The summed E-state index contributed by atoms with van der Waals surface area (Å²) in [5.74, 6) is 0. The molecule has 0 amide bonds. The minimum absolute atomic E-state index is 0. The molecule has 3 heteroatoms. The van der Waals surface area contributed by atoms with Crippen LogP contribution in [0.2, 0.25) is 0 Å². The fourth-order valence-electron chi connectivity index (χ4n) is 1.85. The zero-order valence-corrected chi connectivity index (χ0v) is 12.8. The van der Waals surface area contributed by atoms with Gasteiger partial charge in [-0.25, -0.2) is 0 Å². The summed E-state index contributed by atoms with van der Waals surface area (Å²) in [6.07, 6.45) is 0. The van der Waals surface area contributed by atoms with Gasteiger partial charge in [-0.2, -0.15) is 24.6 Å². The van der Waals surface area contributed by atoms with Gasteiger partial charge in [0.05, 0.1) is 0 Å². The summed E-state index contributed by atoms with van der Waals surface area (Å²) in [5, 5.41) is 1.57. The van der Waals surface area contributed by atoms with Crippen LogP contribution in [0, 0.1) is 6.92 Å². The molecule has 0 aliphatic carbocycles. The summed E-state index contributed by atoms with van der Waals surface area (Å²) < 4.78 is 2.06. The third kappa shape index (κ3) is 2.17. The first-order valence-electron chi connectivity index (χ1n) is 5.03. The van der Waals surface area contributed by atoms with Crippen LogP contribution in [0.3, 0.4) is 0 Å². The number of hydrogen-bond acceptors (Lipinski definition) is 2. The van der Waals surface area contributed by atoms with Crippen molar-refractivity contribution in [3.8, 4) is 0 Å². The van der Waals surface area contributed by atoms with Gasteiger partial charge in [0.1, 0.15) is 0 Å². The molecule has 1 heterocycles. The SMILES string of the molecule is [CH2-]c1ccc2sc3ccccc3c(=O)c2c1.[Y]. The number of fused-ring (bicyclic) bond motifs is 2. The van der Waals surface area contributed by atoms with E-state index in [1.807, 2.05) is 42.5 Å². The Labute approximate surface area is 128 Å². The molecule has 0 saturated heterocycles. The van der Waals surface area contributed by atoms with Crippen LogP contribution >= 0.6 is 11.3 Å². The molecule has 0 aliphatic heterocycles. The molecular formula is C14H9OSY-. The van der Waals surface area contributed by atoms with E-state index in [0.717, 1.165) is 25.7 Å². The first-order chi connectivity index (χ1) is 7.75. The van der Waals surface area contributed by atoms with E-state index >= 15 is 0 Å². The van der Waals surface area contributed by atoms with E-state index in [9.17, 15) is 4.79 Å². The fraction of sp³-hybridized carbons (Fsp3) is 0. The third-order valence-corrected chi connectivity index (χ3v) is 3.79. The summed E-state index contributed by atoms with van der Waals surface area (Å²) in [6.45, 7) is 3.86. The molecule has 0 saturated carbocycles. The van der Waals surface area contributed by atoms with E-state index < -0.39 is 0 Å². The Bertz CT molecular complexity index is 746. The molecule has 0 spiro atoms. The molecule has 0 unspecified atom stereocenters. The maximum atomic E-state index is 12.2. The Morgan fingerprint density at radius 1 is 0.941 bits per heavy atom. The van der Waals surface area contributed by atoms with E-state index in [2.05, 4.69) is 6.92 Å². The van der Waals surface area contributed by atoms with Crippen molar-refractivity contribution in [1.82, 2.24) is 0 Å². The van der Waals surface area contributed by atoms with Crippen molar-refractivity contribution in [3.05, 3.63) is 65.2 Å². The topological polar surface area (TPSA) is 17.1 Å². The zero-order valence-electron chi connectivity index (χ0n) is 9.14. The van der Waals surface area contributed by atoms with Gasteiger partial charge in [-0.1, -0.05) is 12.1 Å².